The summed E-state index contributed by atoms with van der Waals surface area (Å²) in [5.41, 5.74) is 0.302. The molecule has 0 aliphatic heterocycles. The number of rotatable bonds is 7. The van der Waals surface area contributed by atoms with Crippen molar-refractivity contribution in [1.29, 1.82) is 0 Å². The summed E-state index contributed by atoms with van der Waals surface area (Å²) in [5, 5.41) is 13.4. The molecule has 0 fully saturated rings. The molecule has 2 aromatic carbocycles. The molecule has 0 aliphatic rings. The van der Waals surface area contributed by atoms with Crippen molar-refractivity contribution in [3.05, 3.63) is 64.2 Å². The minimum Gasteiger partial charge on any atom is -0.493 e. The van der Waals surface area contributed by atoms with Gasteiger partial charge in [0.1, 0.15) is 0 Å². The summed E-state index contributed by atoms with van der Waals surface area (Å²) in [6.07, 6.45) is 2.38. The van der Waals surface area contributed by atoms with Crippen molar-refractivity contribution in [2.24, 2.45) is 0 Å². The lowest BCUT2D eigenvalue weighted by Crippen LogP contribution is -2.09. The number of halogens is 2. The van der Waals surface area contributed by atoms with Crippen LogP contribution in [0.1, 0.15) is 5.56 Å². The van der Waals surface area contributed by atoms with Crippen LogP contribution in [0, 0.1) is 10.1 Å². The zero-order chi connectivity index (χ0) is 19.1. The Morgan fingerprint density at radius 2 is 1.96 bits per heavy atom. The predicted octanol–water partition coefficient (Wildman–Crippen LogP) is 3.86. The first-order valence-electron chi connectivity index (χ1n) is 7.26. The molecule has 1 N–H and O–H groups in total. The normalized spacial score (nSPS) is 10.8. The molecular formula is C17H14F2N2O5. The molecule has 0 unspecified atom stereocenters. The average molecular weight is 364 g/mol. The molecule has 1 amide bonds. The van der Waals surface area contributed by atoms with Gasteiger partial charge in [-0.1, -0.05) is 12.1 Å². The number of nitrogens with one attached hydrogen (secondary N) is 1. The monoisotopic (exact) mass is 364 g/mol. The van der Waals surface area contributed by atoms with E-state index in [4.69, 9.17) is 4.74 Å². The molecular weight excluding hydrogens is 350 g/mol. The Bertz CT molecular complexity index is 840. The van der Waals surface area contributed by atoms with Crippen molar-refractivity contribution in [3.63, 3.8) is 0 Å². The van der Waals surface area contributed by atoms with Gasteiger partial charge in [0.15, 0.2) is 11.5 Å². The molecule has 0 aromatic heterocycles. The lowest BCUT2D eigenvalue weighted by atomic mass is 10.1. The molecule has 2 aromatic rings. The van der Waals surface area contributed by atoms with E-state index in [0.717, 1.165) is 6.08 Å². The Labute approximate surface area is 147 Å². The van der Waals surface area contributed by atoms with Crippen LogP contribution in [-0.2, 0) is 4.79 Å². The highest BCUT2D eigenvalue weighted by Crippen LogP contribution is 2.31. The molecule has 0 heterocycles. The number of benzene rings is 2. The van der Waals surface area contributed by atoms with Gasteiger partial charge >= 0.3 is 6.61 Å². The maximum Gasteiger partial charge on any atom is 0.387 e. The number of para-hydroxylation sites is 1. The summed E-state index contributed by atoms with van der Waals surface area (Å²) in [6.45, 7) is -3.05. The van der Waals surface area contributed by atoms with Gasteiger partial charge < -0.3 is 14.8 Å². The third kappa shape index (κ3) is 5.00. The fourth-order valence-electron chi connectivity index (χ4n) is 2.09. The number of nitro groups is 1. The summed E-state index contributed by atoms with van der Waals surface area (Å²) in [7, 11) is 1.29. The SMILES string of the molecule is COc1ccc(NC(=O)/C=C/c2ccccc2[N+](=O)[O-])cc1OC(F)F. The molecule has 26 heavy (non-hydrogen) atoms. The van der Waals surface area contributed by atoms with Crippen molar-refractivity contribution < 1.29 is 28.0 Å². The third-order valence-electron chi connectivity index (χ3n) is 3.19. The Balaban J connectivity index is 2.14. The highest BCUT2D eigenvalue weighted by atomic mass is 19.3. The minimum absolute atomic E-state index is 0.0822. The van der Waals surface area contributed by atoms with Gasteiger partial charge in [0, 0.05) is 23.9 Å². The van der Waals surface area contributed by atoms with Gasteiger partial charge in [0.2, 0.25) is 5.91 Å². The van der Waals surface area contributed by atoms with Gasteiger partial charge in [0.05, 0.1) is 17.6 Å². The van der Waals surface area contributed by atoms with Crippen LogP contribution < -0.4 is 14.8 Å². The number of methoxy groups -OCH3 is 1. The summed E-state index contributed by atoms with van der Waals surface area (Å²) in [4.78, 5) is 22.3. The molecule has 0 saturated heterocycles. The van der Waals surface area contributed by atoms with Crippen LogP contribution >= 0.6 is 0 Å². The number of ether oxygens (including phenoxy) is 2. The van der Waals surface area contributed by atoms with E-state index < -0.39 is 17.4 Å². The van der Waals surface area contributed by atoms with Gasteiger partial charge in [0.25, 0.3) is 5.69 Å². The Morgan fingerprint density at radius 3 is 2.62 bits per heavy atom. The van der Waals surface area contributed by atoms with Gasteiger partial charge in [-0.15, -0.1) is 0 Å². The van der Waals surface area contributed by atoms with Crippen LogP contribution in [0.15, 0.2) is 48.5 Å². The highest BCUT2D eigenvalue weighted by Gasteiger charge is 2.13. The Kier molecular flexibility index (Phi) is 6.20. The lowest BCUT2D eigenvalue weighted by Gasteiger charge is -2.11. The van der Waals surface area contributed by atoms with Crippen molar-refractivity contribution >= 4 is 23.4 Å². The molecule has 0 saturated carbocycles. The third-order valence-corrected chi connectivity index (χ3v) is 3.19. The van der Waals surface area contributed by atoms with Gasteiger partial charge in [-0.05, 0) is 24.3 Å². The summed E-state index contributed by atoms with van der Waals surface area (Å²) >= 11 is 0. The molecule has 0 radical (unpaired) electrons. The second kappa shape index (κ2) is 8.56. The molecule has 2 rings (SSSR count). The maximum absolute atomic E-state index is 12.4. The second-order valence-electron chi connectivity index (χ2n) is 4.88. The standard InChI is InChI=1S/C17H14F2N2O5/c1-25-14-8-7-12(10-15(14)26-17(18)19)20-16(22)9-6-11-4-2-3-5-13(11)21(23)24/h2-10,17H,1H3,(H,20,22)/b9-6+. The predicted molar refractivity (Wildman–Crippen MR) is 90.4 cm³/mol. The smallest absolute Gasteiger partial charge is 0.387 e. The maximum atomic E-state index is 12.4. The van der Waals surface area contributed by atoms with Crippen LogP contribution in [0.5, 0.6) is 11.5 Å². The largest absolute Gasteiger partial charge is 0.493 e. The number of carbonyl (C=O) groups is 1. The summed E-state index contributed by atoms with van der Waals surface area (Å²) in [6, 6.07) is 9.90. The van der Waals surface area contributed by atoms with Gasteiger partial charge in [-0.25, -0.2) is 0 Å². The zero-order valence-corrected chi connectivity index (χ0v) is 13.5. The topological polar surface area (TPSA) is 90.7 Å². The molecule has 0 bridgehead atoms. The molecule has 0 spiro atoms. The quantitative estimate of drug-likeness (QED) is 0.458. The summed E-state index contributed by atoms with van der Waals surface area (Å²) < 4.78 is 34.0. The van der Waals surface area contributed by atoms with Crippen molar-refractivity contribution in [2.45, 2.75) is 6.61 Å². The fraction of sp³-hybridized carbons (Fsp3) is 0.118. The molecule has 136 valence electrons. The first kappa shape index (κ1) is 18.8. The molecule has 7 nitrogen and oxygen atoms in total. The highest BCUT2D eigenvalue weighted by molar-refractivity contribution is 6.02. The van der Waals surface area contributed by atoms with Crippen LogP contribution in [0.2, 0.25) is 0 Å². The zero-order valence-electron chi connectivity index (χ0n) is 13.5. The van der Waals surface area contributed by atoms with E-state index in [1.165, 1.54) is 49.6 Å². The van der Waals surface area contributed by atoms with Crippen molar-refractivity contribution in [3.8, 4) is 11.5 Å². The second-order valence-corrected chi connectivity index (χ2v) is 4.88. The van der Waals surface area contributed by atoms with Crippen LogP contribution in [-0.4, -0.2) is 24.6 Å². The number of amides is 1. The van der Waals surface area contributed by atoms with Gasteiger partial charge in [-0.2, -0.15) is 8.78 Å². The van der Waals surface area contributed by atoms with E-state index in [-0.39, 0.29) is 28.4 Å². The fourth-order valence-corrected chi connectivity index (χ4v) is 2.09. The number of nitrogens with zero attached hydrogens (tertiary/aromatic N) is 1. The minimum atomic E-state index is -3.05. The van der Waals surface area contributed by atoms with E-state index in [0.29, 0.717) is 0 Å². The first-order chi connectivity index (χ1) is 12.4. The van der Waals surface area contributed by atoms with E-state index in [1.807, 2.05) is 0 Å². The van der Waals surface area contributed by atoms with Crippen molar-refractivity contribution in [1.82, 2.24) is 0 Å². The van der Waals surface area contributed by atoms with Crippen molar-refractivity contribution in [2.75, 3.05) is 12.4 Å². The molecule has 9 heteroatoms. The average Bonchev–Trinajstić information content (AvgIpc) is 2.60. The Hall–Kier alpha value is -3.49. The van der Waals surface area contributed by atoms with E-state index in [1.54, 1.807) is 6.07 Å². The number of hydrogen-bond acceptors (Lipinski definition) is 5. The van der Waals surface area contributed by atoms with E-state index in [9.17, 15) is 23.7 Å². The number of hydrogen-bond donors (Lipinski definition) is 1. The van der Waals surface area contributed by atoms with E-state index >= 15 is 0 Å². The van der Waals surface area contributed by atoms with Crippen LogP contribution in [0.3, 0.4) is 0 Å². The number of alkyl halides is 2. The number of nitro benzene ring substituents is 1. The summed E-state index contributed by atoms with van der Waals surface area (Å²) in [5.74, 6) is -0.752. The number of carbonyl (C=O) groups excluding carboxylic acids is 1. The number of anilines is 1. The van der Waals surface area contributed by atoms with E-state index in [2.05, 4.69) is 10.1 Å². The lowest BCUT2D eigenvalue weighted by molar-refractivity contribution is -0.385. The van der Waals surface area contributed by atoms with Crippen LogP contribution in [0.25, 0.3) is 6.08 Å². The van der Waals surface area contributed by atoms with Crippen LogP contribution in [0.4, 0.5) is 20.2 Å². The Morgan fingerprint density at radius 1 is 1.23 bits per heavy atom. The molecule has 0 atom stereocenters. The first-order valence-corrected chi connectivity index (χ1v) is 7.26. The molecule has 0 aliphatic carbocycles. The van der Waals surface area contributed by atoms with Gasteiger partial charge in [-0.3, -0.25) is 14.9 Å².